The van der Waals surface area contributed by atoms with Gasteiger partial charge < -0.3 is 56.3 Å². The van der Waals surface area contributed by atoms with E-state index in [9.17, 15) is 57.4 Å². The lowest BCUT2D eigenvalue weighted by molar-refractivity contribution is -0.146. The molecule has 0 unspecified atom stereocenters. The number of imide groups is 1. The molecule has 0 spiro atoms. The number of aromatic nitrogens is 2. The lowest BCUT2D eigenvalue weighted by Crippen LogP contribution is -2.59. The van der Waals surface area contributed by atoms with Gasteiger partial charge in [0.25, 0.3) is 17.7 Å². The minimum Gasteiger partial charge on any atom is -0.508 e. The monoisotopic (exact) mass is 1190 g/mol. The maximum Gasteiger partial charge on any atom is 0.410 e. The molecule has 0 saturated carbocycles. The minimum atomic E-state index is -1.69. The van der Waals surface area contributed by atoms with Crippen LogP contribution in [0, 0.1) is 34.7 Å². The molecule has 1 aromatic heterocycles. The fraction of sp³-hybridized carbons (Fsp3) is 0.393. The molecule has 7 atom stereocenters. The maximum atomic E-state index is 16.3. The zero-order valence-corrected chi connectivity index (χ0v) is 48.3. The first-order chi connectivity index (χ1) is 40.7. The molecule has 2 aliphatic rings. The van der Waals surface area contributed by atoms with Gasteiger partial charge in [0, 0.05) is 68.1 Å². The Kier molecular flexibility index (Phi) is 21.1. The van der Waals surface area contributed by atoms with Crippen LogP contribution in [0.3, 0.4) is 0 Å². The second-order valence-electron chi connectivity index (χ2n) is 22.7. The topological polar surface area (TPSA) is 288 Å². The molecule has 0 radical (unpaired) electrons. The third-order valence-corrected chi connectivity index (χ3v) is 14.6. The van der Waals surface area contributed by atoms with Gasteiger partial charge >= 0.3 is 12.1 Å². The highest BCUT2D eigenvalue weighted by Crippen LogP contribution is 2.41. The van der Waals surface area contributed by atoms with E-state index in [4.69, 9.17) is 15.5 Å². The number of aromatic hydroxyl groups is 1. The van der Waals surface area contributed by atoms with Gasteiger partial charge in [0.15, 0.2) is 0 Å². The molecule has 3 heterocycles. The number of phenolic OH excluding ortho intramolecular Hbond substituents is 1. The highest BCUT2D eigenvalue weighted by Gasteiger charge is 2.45. The third kappa shape index (κ3) is 16.6. The molecule has 4 aromatic carbocycles. The van der Waals surface area contributed by atoms with Gasteiger partial charge in [-0.1, -0.05) is 71.0 Å². The smallest absolute Gasteiger partial charge is 0.410 e. The standard InChI is InChI=1S/C61H70F4N10O11/c1-34(2)52(71-56(81)49(75-50(78)22-23-51(75)79)26-36-14-19-43(77)20-15-36)57(82)70-47(11-8-24-67-59(66)84)55(80)68-42-17-12-37(13-18-42)33-86-60(85)73-29-39(46(65)31-73)30-74(58(83)35(3)76)53(61(4,5)6)54-69-48(44-27-41(63)16-21-45(44)64)32-72(54)28-38-9-7-10-40(62)25-38/h7,9-10,12-23,25,27,32,34-35,39,46-47,49,52-53,76-77H,8,11,24,26,28-31,33H2,1-6H3,(H,68,80)(H,70,82)(H,71,81)(H3,66,67,84)/t35-,39-,46-,47-,49-,52-,53-/m0/s1. The van der Waals surface area contributed by atoms with Crippen LogP contribution in [0.1, 0.15) is 82.9 Å². The number of ether oxygens (including phenoxy) is 1. The molecule has 458 valence electrons. The number of primary amides is 1. The number of nitrogens with one attached hydrogen (secondary N) is 4. The molecule has 0 aliphatic carbocycles. The van der Waals surface area contributed by atoms with Crippen molar-refractivity contribution in [3.05, 3.63) is 149 Å². The fourth-order valence-electron chi connectivity index (χ4n) is 10.3. The number of carbonyl (C=O) groups excluding carboxylic acids is 8. The number of anilines is 1. The summed E-state index contributed by atoms with van der Waals surface area (Å²) in [5.74, 6) is -8.17. The third-order valence-electron chi connectivity index (χ3n) is 14.6. The Balaban J connectivity index is 1.01. The number of nitrogens with two attached hydrogens (primary N) is 1. The normalized spacial score (nSPS) is 16.7. The first kappa shape index (κ1) is 64.4. The fourth-order valence-corrected chi connectivity index (χ4v) is 10.3. The molecular formula is C61H70F4N10O11. The van der Waals surface area contributed by atoms with Crippen molar-refractivity contribution in [1.82, 2.24) is 40.2 Å². The van der Waals surface area contributed by atoms with Gasteiger partial charge in [-0.05, 0) is 102 Å². The van der Waals surface area contributed by atoms with Gasteiger partial charge in [0.05, 0.1) is 18.3 Å². The van der Waals surface area contributed by atoms with Gasteiger partial charge in [0.1, 0.15) is 66.0 Å². The summed E-state index contributed by atoms with van der Waals surface area (Å²) in [6.45, 7) is 8.60. The van der Waals surface area contributed by atoms with Gasteiger partial charge in [-0.15, -0.1) is 0 Å². The maximum absolute atomic E-state index is 16.3. The zero-order valence-electron chi connectivity index (χ0n) is 48.3. The molecule has 9 amide bonds. The van der Waals surface area contributed by atoms with Crippen molar-refractivity contribution in [1.29, 1.82) is 0 Å². The Labute approximate surface area is 493 Å². The molecular weight excluding hydrogens is 1120 g/mol. The summed E-state index contributed by atoms with van der Waals surface area (Å²) in [4.78, 5) is 115. The van der Waals surface area contributed by atoms with E-state index in [2.05, 4.69) is 21.3 Å². The number of hydrogen-bond donors (Lipinski definition) is 7. The van der Waals surface area contributed by atoms with Crippen LogP contribution in [-0.4, -0.2) is 139 Å². The number of carbonyl (C=O) groups is 8. The average molecular weight is 1200 g/mol. The first-order valence-electron chi connectivity index (χ1n) is 27.9. The van der Waals surface area contributed by atoms with Crippen molar-refractivity contribution in [3.8, 4) is 17.0 Å². The van der Waals surface area contributed by atoms with E-state index < -0.39 is 125 Å². The Bertz CT molecular complexity index is 3320. The van der Waals surface area contributed by atoms with E-state index in [1.54, 1.807) is 57.4 Å². The number of urea groups is 1. The van der Waals surface area contributed by atoms with E-state index in [1.165, 1.54) is 72.6 Å². The van der Waals surface area contributed by atoms with Crippen LogP contribution in [0.25, 0.3) is 11.3 Å². The van der Waals surface area contributed by atoms with Gasteiger partial charge in [-0.25, -0.2) is 32.1 Å². The van der Waals surface area contributed by atoms with E-state index in [1.807, 2.05) is 0 Å². The number of halogens is 4. The van der Waals surface area contributed by atoms with Gasteiger partial charge in [-0.2, -0.15) is 0 Å². The highest BCUT2D eigenvalue weighted by atomic mass is 19.1. The molecule has 25 heteroatoms. The predicted octanol–water partition coefficient (Wildman–Crippen LogP) is 6.17. The zero-order chi connectivity index (χ0) is 62.7. The summed E-state index contributed by atoms with van der Waals surface area (Å²) in [6.07, 6.45) is -0.689. The minimum absolute atomic E-state index is 0.00329. The molecule has 7 rings (SSSR count). The average Bonchev–Trinajstić information content (AvgIpc) is 1.71. The van der Waals surface area contributed by atoms with Crippen molar-refractivity contribution in [2.75, 3.05) is 31.5 Å². The number of imidazole rings is 1. The number of rotatable bonds is 24. The molecule has 8 N–H and O–H groups in total. The van der Waals surface area contributed by atoms with E-state index in [0.717, 1.165) is 40.2 Å². The molecule has 1 saturated heterocycles. The van der Waals surface area contributed by atoms with Crippen molar-refractivity contribution >= 4 is 53.3 Å². The number of aliphatic hydroxyl groups excluding tert-OH is 1. The highest BCUT2D eigenvalue weighted by molar-refractivity contribution is 6.15. The summed E-state index contributed by atoms with van der Waals surface area (Å²) < 4.78 is 67.7. The molecule has 86 heavy (non-hydrogen) atoms. The molecule has 2 aliphatic heterocycles. The summed E-state index contributed by atoms with van der Waals surface area (Å²) in [6, 6.07) is 14.6. The Morgan fingerprint density at radius 1 is 0.826 bits per heavy atom. The summed E-state index contributed by atoms with van der Waals surface area (Å²) in [5, 5.41) is 31.1. The second kappa shape index (κ2) is 28.2. The number of aliphatic hydroxyl groups is 1. The summed E-state index contributed by atoms with van der Waals surface area (Å²) >= 11 is 0. The first-order valence-corrected chi connectivity index (χ1v) is 27.9. The lowest BCUT2D eigenvalue weighted by Gasteiger charge is -2.41. The SMILES string of the molecule is CC(C)[C@H](NC(=O)[C@H](Cc1ccc(O)cc1)N1C(=O)C=CC1=O)C(=O)N[C@@H](CCCNC(N)=O)C(=O)Nc1ccc(COC(=O)N2C[C@@H](CN(C(=O)[C@H](C)O)[C@@H](c3nc(-c4cc(F)ccc4F)cn3Cc3cccc(F)c3)C(C)(C)C)[C@@H](F)C2)cc1. The van der Waals surface area contributed by atoms with Crippen LogP contribution < -0.4 is 27.0 Å². The predicted molar refractivity (Wildman–Crippen MR) is 306 cm³/mol. The Morgan fingerprint density at radius 2 is 1.49 bits per heavy atom. The number of hydrogen-bond acceptors (Lipinski definition) is 12. The molecule has 0 bridgehead atoms. The van der Waals surface area contributed by atoms with E-state index >= 15 is 8.78 Å². The van der Waals surface area contributed by atoms with Crippen LogP contribution in [0.2, 0.25) is 0 Å². The van der Waals surface area contributed by atoms with Crippen molar-refractivity contribution in [3.63, 3.8) is 0 Å². The van der Waals surface area contributed by atoms with Crippen LogP contribution in [0.5, 0.6) is 5.75 Å². The van der Waals surface area contributed by atoms with Crippen LogP contribution in [0.15, 0.2) is 109 Å². The molecule has 5 aromatic rings. The Hall–Kier alpha value is -9.13. The molecule has 21 nitrogen and oxygen atoms in total. The molecule has 1 fully saturated rings. The second-order valence-corrected chi connectivity index (χ2v) is 22.7. The largest absolute Gasteiger partial charge is 0.508 e. The number of amides is 9. The number of alkyl halides is 1. The van der Waals surface area contributed by atoms with Crippen molar-refractivity contribution in [2.24, 2.45) is 23.0 Å². The van der Waals surface area contributed by atoms with Crippen molar-refractivity contribution in [2.45, 2.75) is 110 Å². The number of nitrogens with zero attached hydrogens (tertiary/aromatic N) is 5. The number of phenols is 1. The Morgan fingerprint density at radius 3 is 2.12 bits per heavy atom. The van der Waals surface area contributed by atoms with Gasteiger partial charge in [0.2, 0.25) is 17.7 Å². The van der Waals surface area contributed by atoms with Crippen molar-refractivity contribution < 1.29 is 70.9 Å². The van der Waals surface area contributed by atoms with Crippen LogP contribution in [-0.2, 0) is 53.1 Å². The van der Waals surface area contributed by atoms with E-state index in [0.29, 0.717) is 16.7 Å². The van der Waals surface area contributed by atoms with Gasteiger partial charge in [-0.3, -0.25) is 33.7 Å². The number of benzene rings is 4. The quantitative estimate of drug-likeness (QED) is 0.0207. The lowest BCUT2D eigenvalue weighted by atomic mass is 9.84. The van der Waals surface area contributed by atoms with Crippen LogP contribution in [0.4, 0.5) is 32.8 Å². The summed E-state index contributed by atoms with van der Waals surface area (Å²) in [7, 11) is 0. The van der Waals surface area contributed by atoms with Crippen LogP contribution >= 0.6 is 0 Å². The summed E-state index contributed by atoms with van der Waals surface area (Å²) in [5.41, 5.74) is 5.78. The van der Waals surface area contributed by atoms with E-state index in [-0.39, 0.29) is 80.6 Å². The number of likely N-dealkylation sites (tertiary alicyclic amines) is 1.